The molecule has 1 N–H and O–H groups in total. The summed E-state index contributed by atoms with van der Waals surface area (Å²) in [5, 5.41) is 11.1. The molecule has 1 aromatic rings. The molecule has 0 fully saturated rings. The Labute approximate surface area is 166 Å². The SMILES string of the molecule is CC/C(C#CO[Si](C)(C)C(C)(C)C)=C(\CCCOC)C(O)c1ccccc1. The van der Waals surface area contributed by atoms with Gasteiger partial charge in [-0.3, -0.25) is 0 Å². The summed E-state index contributed by atoms with van der Waals surface area (Å²) >= 11 is 0. The van der Waals surface area contributed by atoms with Gasteiger partial charge in [0.1, 0.15) is 6.10 Å². The van der Waals surface area contributed by atoms with Crippen LogP contribution in [0.5, 0.6) is 0 Å². The molecule has 0 aromatic heterocycles. The van der Waals surface area contributed by atoms with Crippen LogP contribution in [-0.4, -0.2) is 27.1 Å². The summed E-state index contributed by atoms with van der Waals surface area (Å²) < 4.78 is 11.2. The zero-order valence-corrected chi connectivity index (χ0v) is 19.1. The number of aliphatic hydroxyl groups excluding tert-OH is 1. The molecule has 0 aliphatic rings. The van der Waals surface area contributed by atoms with E-state index in [-0.39, 0.29) is 5.04 Å². The average Bonchev–Trinajstić information content (AvgIpc) is 2.62. The highest BCUT2D eigenvalue weighted by atomic mass is 28.4. The van der Waals surface area contributed by atoms with Gasteiger partial charge in [0, 0.05) is 19.3 Å². The van der Waals surface area contributed by atoms with E-state index in [1.807, 2.05) is 30.3 Å². The van der Waals surface area contributed by atoms with Crippen LogP contribution in [0.2, 0.25) is 18.1 Å². The van der Waals surface area contributed by atoms with Crippen molar-refractivity contribution < 1.29 is 14.3 Å². The second-order valence-corrected chi connectivity index (χ2v) is 13.1. The van der Waals surface area contributed by atoms with Crippen molar-refractivity contribution in [2.45, 2.75) is 71.2 Å². The number of aliphatic hydroxyl groups is 1. The van der Waals surface area contributed by atoms with Gasteiger partial charge in [-0.15, -0.1) is 0 Å². The van der Waals surface area contributed by atoms with Gasteiger partial charge in [-0.1, -0.05) is 58.0 Å². The number of benzene rings is 1. The summed E-state index contributed by atoms with van der Waals surface area (Å²) in [6.45, 7) is 13.7. The maximum absolute atomic E-state index is 11.0. The molecule has 0 amide bonds. The molecule has 1 aromatic carbocycles. The van der Waals surface area contributed by atoms with Gasteiger partial charge in [0.2, 0.25) is 0 Å². The van der Waals surface area contributed by atoms with Crippen LogP contribution in [0.3, 0.4) is 0 Å². The van der Waals surface area contributed by atoms with Crippen molar-refractivity contribution in [3.05, 3.63) is 47.0 Å². The molecule has 0 bridgehead atoms. The van der Waals surface area contributed by atoms with Crippen molar-refractivity contribution in [2.75, 3.05) is 13.7 Å². The Bertz CT molecular complexity index is 660. The van der Waals surface area contributed by atoms with Crippen LogP contribution in [-0.2, 0) is 9.16 Å². The van der Waals surface area contributed by atoms with Gasteiger partial charge in [0.25, 0.3) is 8.32 Å². The van der Waals surface area contributed by atoms with Crippen LogP contribution in [0, 0.1) is 12.0 Å². The molecule has 0 heterocycles. The summed E-state index contributed by atoms with van der Waals surface area (Å²) in [7, 11) is -0.221. The lowest BCUT2D eigenvalue weighted by molar-refractivity contribution is 0.183. The number of ether oxygens (including phenoxy) is 1. The van der Waals surface area contributed by atoms with Crippen molar-refractivity contribution >= 4 is 8.32 Å². The lowest BCUT2D eigenvalue weighted by atomic mass is 9.92. The number of hydrogen-bond donors (Lipinski definition) is 1. The Morgan fingerprint density at radius 2 is 1.81 bits per heavy atom. The second-order valence-electron chi connectivity index (χ2n) is 8.36. The lowest BCUT2D eigenvalue weighted by Gasteiger charge is -2.33. The Morgan fingerprint density at radius 3 is 2.33 bits per heavy atom. The smallest absolute Gasteiger partial charge is 0.264 e. The minimum absolute atomic E-state index is 0.114. The Hall–Kier alpha value is -1.54. The zero-order chi connectivity index (χ0) is 20.5. The van der Waals surface area contributed by atoms with Gasteiger partial charge in [-0.05, 0) is 54.5 Å². The predicted molar refractivity (Wildman–Crippen MR) is 116 cm³/mol. The minimum atomic E-state index is -1.92. The van der Waals surface area contributed by atoms with Crippen LogP contribution in [0.4, 0.5) is 0 Å². The maximum atomic E-state index is 11.0. The Kier molecular flexibility index (Phi) is 9.31. The van der Waals surface area contributed by atoms with Crippen LogP contribution in [0.25, 0.3) is 0 Å². The molecule has 0 spiro atoms. The van der Waals surface area contributed by atoms with Crippen LogP contribution in [0.15, 0.2) is 41.5 Å². The third kappa shape index (κ3) is 7.18. The molecule has 0 radical (unpaired) electrons. The van der Waals surface area contributed by atoms with E-state index in [4.69, 9.17) is 9.16 Å². The highest BCUT2D eigenvalue weighted by molar-refractivity contribution is 6.74. The van der Waals surface area contributed by atoms with E-state index in [0.717, 1.165) is 36.0 Å². The Balaban J connectivity index is 3.17. The summed E-state index contributed by atoms with van der Waals surface area (Å²) in [6.07, 6.45) is 4.69. The summed E-state index contributed by atoms with van der Waals surface area (Å²) in [5.41, 5.74) is 2.82. The first-order valence-corrected chi connectivity index (χ1v) is 12.7. The third-order valence-corrected chi connectivity index (χ3v) is 9.52. The second kappa shape index (κ2) is 10.7. The summed E-state index contributed by atoms with van der Waals surface area (Å²) in [4.78, 5) is 0. The fourth-order valence-electron chi connectivity index (χ4n) is 2.46. The molecule has 0 saturated carbocycles. The number of rotatable bonds is 8. The lowest BCUT2D eigenvalue weighted by Crippen LogP contribution is -2.39. The Morgan fingerprint density at radius 1 is 1.19 bits per heavy atom. The molecule has 3 nitrogen and oxygen atoms in total. The topological polar surface area (TPSA) is 38.7 Å². The van der Waals surface area contributed by atoms with Crippen LogP contribution < -0.4 is 0 Å². The van der Waals surface area contributed by atoms with E-state index < -0.39 is 14.4 Å². The van der Waals surface area contributed by atoms with Crippen molar-refractivity contribution in [1.29, 1.82) is 0 Å². The quantitative estimate of drug-likeness (QED) is 0.346. The summed E-state index contributed by atoms with van der Waals surface area (Å²) in [5.74, 6) is 3.22. The molecule has 1 unspecified atom stereocenters. The largest absolute Gasteiger partial charge is 0.500 e. The van der Waals surface area contributed by atoms with Crippen molar-refractivity contribution in [1.82, 2.24) is 0 Å². The van der Waals surface area contributed by atoms with E-state index in [1.54, 1.807) is 7.11 Å². The van der Waals surface area contributed by atoms with E-state index in [9.17, 15) is 5.11 Å². The molecule has 150 valence electrons. The number of allylic oxidation sites excluding steroid dienone is 1. The molecule has 1 rings (SSSR count). The first-order valence-electron chi connectivity index (χ1n) is 9.77. The molecule has 27 heavy (non-hydrogen) atoms. The van der Waals surface area contributed by atoms with Gasteiger partial charge in [-0.2, -0.15) is 0 Å². The van der Waals surface area contributed by atoms with E-state index in [1.165, 1.54) is 0 Å². The average molecular weight is 389 g/mol. The molecular weight excluding hydrogens is 352 g/mol. The first-order chi connectivity index (χ1) is 12.6. The molecular formula is C23H36O3Si. The van der Waals surface area contributed by atoms with E-state index in [0.29, 0.717) is 6.61 Å². The summed E-state index contributed by atoms with van der Waals surface area (Å²) in [6, 6.07) is 9.76. The number of methoxy groups -OCH3 is 1. The van der Waals surface area contributed by atoms with Gasteiger partial charge < -0.3 is 14.3 Å². The van der Waals surface area contributed by atoms with Crippen molar-refractivity contribution in [3.63, 3.8) is 0 Å². The van der Waals surface area contributed by atoms with Crippen LogP contribution >= 0.6 is 0 Å². The highest BCUT2D eigenvalue weighted by Gasteiger charge is 2.38. The molecule has 0 aliphatic carbocycles. The zero-order valence-electron chi connectivity index (χ0n) is 18.1. The molecule has 0 aliphatic heterocycles. The van der Waals surface area contributed by atoms with Gasteiger partial charge in [0.15, 0.2) is 0 Å². The molecule has 4 heteroatoms. The van der Waals surface area contributed by atoms with Crippen LogP contribution in [0.1, 0.15) is 58.6 Å². The molecule has 0 saturated heterocycles. The van der Waals surface area contributed by atoms with Gasteiger partial charge in [0.05, 0.1) is 6.11 Å². The monoisotopic (exact) mass is 388 g/mol. The van der Waals surface area contributed by atoms with E-state index >= 15 is 0 Å². The molecule has 1 atom stereocenters. The van der Waals surface area contributed by atoms with Gasteiger partial charge >= 0.3 is 0 Å². The van der Waals surface area contributed by atoms with Gasteiger partial charge in [-0.25, -0.2) is 0 Å². The van der Waals surface area contributed by atoms with Crippen molar-refractivity contribution in [3.8, 4) is 12.0 Å². The fraction of sp³-hybridized carbons (Fsp3) is 0.565. The number of hydrogen-bond acceptors (Lipinski definition) is 3. The first kappa shape index (κ1) is 23.5. The normalized spacial score (nSPS) is 14.1. The van der Waals surface area contributed by atoms with Crippen molar-refractivity contribution in [2.24, 2.45) is 0 Å². The fourth-order valence-corrected chi connectivity index (χ4v) is 3.07. The maximum Gasteiger partial charge on any atom is 0.264 e. The third-order valence-electron chi connectivity index (χ3n) is 5.30. The predicted octanol–water partition coefficient (Wildman–Crippen LogP) is 5.84. The highest BCUT2D eigenvalue weighted by Crippen LogP contribution is 2.36. The van der Waals surface area contributed by atoms with E-state index in [2.05, 4.69) is 52.8 Å². The standard InChI is InChI=1S/C23H36O3Si/c1-8-19(16-18-26-27(6,7)23(2,3)4)21(15-12-17-25-5)22(24)20-13-10-9-11-14-20/h9-11,13-14,22,24H,8,12,15,17H2,1-7H3/b21-19-. The minimum Gasteiger partial charge on any atom is -0.500 e.